The molecule has 6 heteroatoms. The molecule has 5 nitrogen and oxygen atoms in total. The average Bonchev–Trinajstić information content (AvgIpc) is 3.42. The van der Waals surface area contributed by atoms with E-state index in [2.05, 4.69) is 57.9 Å². The zero-order valence-corrected chi connectivity index (χ0v) is 16.7. The minimum Gasteiger partial charge on any atom is -0.497 e. The highest BCUT2D eigenvalue weighted by atomic mass is 32.2. The number of aliphatic imine (C=N–C) groups is 1. The van der Waals surface area contributed by atoms with Crippen molar-refractivity contribution in [2.75, 3.05) is 13.7 Å². The van der Waals surface area contributed by atoms with E-state index in [1.165, 1.54) is 5.69 Å². The summed E-state index contributed by atoms with van der Waals surface area (Å²) in [7, 11) is 1.70. The molecule has 142 valence electrons. The second-order valence-corrected chi connectivity index (χ2v) is 8.55. The van der Waals surface area contributed by atoms with Crippen molar-refractivity contribution >= 4 is 16.9 Å². The van der Waals surface area contributed by atoms with E-state index >= 15 is 0 Å². The summed E-state index contributed by atoms with van der Waals surface area (Å²) in [4.78, 5) is 12.2. The molecule has 0 amide bonds. The number of fused-ring (bicyclic) bond motifs is 1. The largest absolute Gasteiger partial charge is 0.497 e. The molecular formula is C22H22N4OS. The molecule has 0 spiro atoms. The number of hydrogen-bond donors (Lipinski definition) is 0. The molecule has 2 aromatic heterocycles. The van der Waals surface area contributed by atoms with Crippen LogP contribution >= 0.6 is 11.8 Å². The molecule has 0 aliphatic carbocycles. The van der Waals surface area contributed by atoms with Gasteiger partial charge >= 0.3 is 0 Å². The summed E-state index contributed by atoms with van der Waals surface area (Å²) < 4.78 is 7.68. The monoisotopic (exact) mass is 390 g/mol. The van der Waals surface area contributed by atoms with Crippen LogP contribution in [0.4, 0.5) is 0 Å². The maximum atomic E-state index is 5.43. The topological polar surface area (TPSA) is 42.6 Å². The molecule has 3 unspecified atom stereocenters. The molecule has 1 saturated heterocycles. The number of pyridine rings is 1. The van der Waals surface area contributed by atoms with Gasteiger partial charge in [-0.3, -0.25) is 9.98 Å². The Balaban J connectivity index is 1.60. The van der Waals surface area contributed by atoms with Gasteiger partial charge in [-0.15, -0.1) is 0 Å². The van der Waals surface area contributed by atoms with E-state index in [9.17, 15) is 0 Å². The van der Waals surface area contributed by atoms with Crippen molar-refractivity contribution in [3.8, 4) is 11.4 Å². The number of thioether (sulfide) groups is 1. The maximum absolute atomic E-state index is 5.43. The number of rotatable bonds is 4. The number of aromatic nitrogens is 2. The minimum atomic E-state index is -0.00421. The molecule has 2 aliphatic rings. The summed E-state index contributed by atoms with van der Waals surface area (Å²) in [5, 5.41) is 1.68. The summed E-state index contributed by atoms with van der Waals surface area (Å²) in [6.45, 7) is 3.26. The van der Waals surface area contributed by atoms with Crippen molar-refractivity contribution in [2.45, 2.75) is 24.3 Å². The van der Waals surface area contributed by atoms with Crippen molar-refractivity contribution in [1.29, 1.82) is 0 Å². The average molecular weight is 391 g/mol. The van der Waals surface area contributed by atoms with E-state index in [-0.39, 0.29) is 12.1 Å². The lowest BCUT2D eigenvalue weighted by molar-refractivity contribution is 0.312. The second-order valence-electron chi connectivity index (χ2n) is 7.14. The van der Waals surface area contributed by atoms with E-state index < -0.39 is 0 Å². The molecule has 0 bridgehead atoms. The van der Waals surface area contributed by atoms with Crippen LogP contribution in [0.2, 0.25) is 0 Å². The number of benzene rings is 1. The quantitative estimate of drug-likeness (QED) is 0.659. The normalized spacial score (nSPS) is 23.6. The first-order valence-corrected chi connectivity index (χ1v) is 10.4. The highest BCUT2D eigenvalue weighted by Gasteiger charge is 2.44. The van der Waals surface area contributed by atoms with Crippen molar-refractivity contribution in [3.05, 3.63) is 78.4 Å². The van der Waals surface area contributed by atoms with Crippen molar-refractivity contribution < 1.29 is 4.74 Å². The zero-order valence-electron chi connectivity index (χ0n) is 15.9. The molecule has 0 radical (unpaired) electrons. The van der Waals surface area contributed by atoms with Crippen LogP contribution in [0.1, 0.15) is 30.4 Å². The summed E-state index contributed by atoms with van der Waals surface area (Å²) in [6.07, 6.45) is 3.97. The van der Waals surface area contributed by atoms with Gasteiger partial charge in [0.05, 0.1) is 18.8 Å². The highest BCUT2D eigenvalue weighted by molar-refractivity contribution is 8.14. The van der Waals surface area contributed by atoms with Crippen molar-refractivity contribution in [2.24, 2.45) is 4.99 Å². The minimum absolute atomic E-state index is 0.00421. The SMILES string of the molecule is COc1cccc(-n2cccc2C2C(c3ccccn3)N=C3SC(C)CN32)c1. The van der Waals surface area contributed by atoms with E-state index in [1.807, 2.05) is 42.2 Å². The van der Waals surface area contributed by atoms with Gasteiger partial charge in [0.1, 0.15) is 11.8 Å². The van der Waals surface area contributed by atoms with Crippen molar-refractivity contribution in [1.82, 2.24) is 14.5 Å². The molecule has 1 aromatic carbocycles. The lowest BCUT2D eigenvalue weighted by Gasteiger charge is -2.28. The van der Waals surface area contributed by atoms with Gasteiger partial charge in [-0.25, -0.2) is 0 Å². The number of ether oxygens (including phenoxy) is 1. The third kappa shape index (κ3) is 2.88. The molecule has 28 heavy (non-hydrogen) atoms. The van der Waals surface area contributed by atoms with Gasteiger partial charge in [0.2, 0.25) is 0 Å². The fourth-order valence-electron chi connectivity index (χ4n) is 4.07. The van der Waals surface area contributed by atoms with Crippen LogP contribution in [0.3, 0.4) is 0 Å². The first-order valence-electron chi connectivity index (χ1n) is 9.48. The van der Waals surface area contributed by atoms with Crippen LogP contribution < -0.4 is 4.74 Å². The Labute approximate surface area is 169 Å². The summed E-state index contributed by atoms with van der Waals surface area (Å²) >= 11 is 1.86. The highest BCUT2D eigenvalue weighted by Crippen LogP contribution is 2.47. The Kier molecular flexibility index (Phi) is 4.36. The van der Waals surface area contributed by atoms with Crippen LogP contribution in [-0.4, -0.2) is 38.5 Å². The zero-order chi connectivity index (χ0) is 19.1. The molecule has 2 aliphatic heterocycles. The number of amidine groups is 1. The lowest BCUT2D eigenvalue weighted by Crippen LogP contribution is -2.30. The van der Waals surface area contributed by atoms with Crippen LogP contribution in [0.5, 0.6) is 5.75 Å². The van der Waals surface area contributed by atoms with E-state index in [0.717, 1.165) is 28.8 Å². The van der Waals surface area contributed by atoms with Gasteiger partial charge < -0.3 is 14.2 Å². The summed E-state index contributed by atoms with van der Waals surface area (Å²) in [5.41, 5.74) is 3.32. The number of methoxy groups -OCH3 is 1. The Morgan fingerprint density at radius 1 is 1.11 bits per heavy atom. The van der Waals surface area contributed by atoms with Gasteiger partial charge in [0.25, 0.3) is 0 Å². The molecular weight excluding hydrogens is 368 g/mol. The Bertz CT molecular complexity index is 1020. The molecule has 1 fully saturated rings. The number of hydrogen-bond acceptors (Lipinski definition) is 5. The Hall–Kier alpha value is -2.73. The van der Waals surface area contributed by atoms with E-state index in [4.69, 9.17) is 9.73 Å². The van der Waals surface area contributed by atoms with Gasteiger partial charge in [-0.1, -0.05) is 30.8 Å². The standard InChI is InChI=1S/C22H22N4OS/c1-15-14-26-21(20(24-22(26)28-15)18-9-3-4-11-23-18)19-10-6-12-25(19)16-7-5-8-17(13-16)27-2/h3-13,15,20-21H,14H2,1-2H3. The second kappa shape index (κ2) is 7.02. The van der Waals surface area contributed by atoms with Gasteiger partial charge in [-0.05, 0) is 36.4 Å². The molecule has 0 N–H and O–H groups in total. The third-order valence-corrected chi connectivity index (χ3v) is 6.40. The Morgan fingerprint density at radius 2 is 2.04 bits per heavy atom. The first-order chi connectivity index (χ1) is 13.7. The van der Waals surface area contributed by atoms with Crippen LogP contribution in [-0.2, 0) is 0 Å². The fraction of sp³-hybridized carbons (Fsp3) is 0.273. The molecule has 3 atom stereocenters. The van der Waals surface area contributed by atoms with Crippen molar-refractivity contribution in [3.63, 3.8) is 0 Å². The van der Waals surface area contributed by atoms with Crippen LogP contribution in [0, 0.1) is 0 Å². The van der Waals surface area contributed by atoms with Gasteiger partial charge in [0.15, 0.2) is 5.17 Å². The first kappa shape index (κ1) is 17.4. The number of nitrogens with zero attached hydrogens (tertiary/aromatic N) is 4. The lowest BCUT2D eigenvalue weighted by atomic mass is 10.0. The third-order valence-electron chi connectivity index (χ3n) is 5.30. The van der Waals surface area contributed by atoms with Crippen LogP contribution in [0.25, 0.3) is 5.69 Å². The predicted molar refractivity (Wildman–Crippen MR) is 113 cm³/mol. The summed E-state index contributed by atoms with van der Waals surface area (Å²) in [6, 6.07) is 18.7. The Morgan fingerprint density at radius 3 is 2.86 bits per heavy atom. The van der Waals surface area contributed by atoms with Crippen LogP contribution in [0.15, 0.2) is 72.0 Å². The summed E-state index contributed by atoms with van der Waals surface area (Å²) in [5.74, 6) is 0.854. The fourth-order valence-corrected chi connectivity index (χ4v) is 5.16. The molecule has 0 saturated carbocycles. The van der Waals surface area contributed by atoms with Gasteiger partial charge in [-0.2, -0.15) is 0 Å². The maximum Gasteiger partial charge on any atom is 0.160 e. The smallest absolute Gasteiger partial charge is 0.160 e. The molecule has 4 heterocycles. The van der Waals surface area contributed by atoms with E-state index in [1.54, 1.807) is 7.11 Å². The van der Waals surface area contributed by atoms with E-state index in [0.29, 0.717) is 5.25 Å². The molecule has 5 rings (SSSR count). The predicted octanol–water partition coefficient (Wildman–Crippen LogP) is 4.47. The molecule has 3 aromatic rings. The van der Waals surface area contributed by atoms with Gasteiger partial charge in [0, 0.05) is 41.6 Å².